The molecule has 134 valence electrons. The van der Waals surface area contributed by atoms with E-state index >= 15 is 0 Å². The monoisotopic (exact) mass is 389 g/mol. The number of piperazine rings is 1. The summed E-state index contributed by atoms with van der Waals surface area (Å²) >= 11 is 6.56. The molecule has 1 fully saturated rings. The van der Waals surface area contributed by atoms with E-state index in [1.54, 1.807) is 0 Å². The Balaban J connectivity index is 0.00000144. The highest BCUT2D eigenvalue weighted by Gasteiger charge is 2.28. The van der Waals surface area contributed by atoms with Gasteiger partial charge in [0.2, 0.25) is 0 Å². The Kier molecular flexibility index (Phi) is 8.75. The molecule has 2 heterocycles. The van der Waals surface area contributed by atoms with E-state index in [1.165, 1.54) is 10.9 Å². The average Bonchev–Trinajstić information content (AvgIpc) is 2.56. The van der Waals surface area contributed by atoms with Crippen molar-refractivity contribution in [1.82, 2.24) is 15.2 Å². The van der Waals surface area contributed by atoms with Gasteiger partial charge in [-0.05, 0) is 18.1 Å². The molecule has 1 aromatic carbocycles. The number of pyridine rings is 1. The summed E-state index contributed by atoms with van der Waals surface area (Å²) in [7, 11) is 0. The fourth-order valence-electron chi connectivity index (χ4n) is 3.36. The van der Waals surface area contributed by atoms with E-state index in [4.69, 9.17) is 11.6 Å². The van der Waals surface area contributed by atoms with Gasteiger partial charge in [-0.15, -0.1) is 24.8 Å². The molecule has 2 atom stereocenters. The van der Waals surface area contributed by atoms with E-state index in [1.807, 2.05) is 12.1 Å². The number of nitrogens with one attached hydrogen (secondary N) is 1. The summed E-state index contributed by atoms with van der Waals surface area (Å²) in [5.41, 5.74) is 2.15. The molecule has 1 aliphatic heterocycles. The lowest BCUT2D eigenvalue weighted by atomic mass is 9.90. The summed E-state index contributed by atoms with van der Waals surface area (Å²) in [6, 6.07) is 10.8. The van der Waals surface area contributed by atoms with E-state index in [0.717, 1.165) is 38.1 Å². The van der Waals surface area contributed by atoms with Gasteiger partial charge in [0.25, 0.3) is 0 Å². The molecular formula is C18H26Cl3N3. The van der Waals surface area contributed by atoms with E-state index in [0.29, 0.717) is 17.1 Å². The lowest BCUT2D eigenvalue weighted by molar-refractivity contribution is 0.128. The Morgan fingerprint density at radius 3 is 2.54 bits per heavy atom. The Bertz CT molecular complexity index is 644. The minimum Gasteiger partial charge on any atom is -0.314 e. The molecular weight excluding hydrogens is 365 g/mol. The van der Waals surface area contributed by atoms with Crippen molar-refractivity contribution in [1.29, 1.82) is 0 Å². The number of hydrogen-bond acceptors (Lipinski definition) is 3. The van der Waals surface area contributed by atoms with Gasteiger partial charge in [0.15, 0.2) is 0 Å². The topological polar surface area (TPSA) is 28.2 Å². The number of halogens is 3. The first kappa shape index (κ1) is 21.5. The van der Waals surface area contributed by atoms with Crippen molar-refractivity contribution in [2.75, 3.05) is 26.2 Å². The van der Waals surface area contributed by atoms with Crippen LogP contribution in [-0.4, -0.2) is 36.1 Å². The van der Waals surface area contributed by atoms with Crippen molar-refractivity contribution in [3.63, 3.8) is 0 Å². The normalized spacial score (nSPS) is 17.6. The van der Waals surface area contributed by atoms with Crippen LogP contribution >= 0.6 is 36.4 Å². The highest BCUT2D eigenvalue weighted by molar-refractivity contribution is 6.30. The van der Waals surface area contributed by atoms with Gasteiger partial charge in [-0.25, -0.2) is 4.98 Å². The zero-order chi connectivity index (χ0) is 15.5. The van der Waals surface area contributed by atoms with Crippen LogP contribution in [-0.2, 0) is 0 Å². The number of nitrogens with zero attached hydrogens (tertiary/aromatic N) is 2. The highest BCUT2D eigenvalue weighted by Crippen LogP contribution is 2.36. The van der Waals surface area contributed by atoms with Gasteiger partial charge in [-0.2, -0.15) is 0 Å². The molecule has 6 heteroatoms. The molecule has 1 saturated heterocycles. The average molecular weight is 391 g/mol. The van der Waals surface area contributed by atoms with Crippen molar-refractivity contribution in [3.05, 3.63) is 41.0 Å². The standard InChI is InChI=1S/C18H24ClN3.2ClH/c1-3-13(2)17(22-10-8-20-9-11-22)15-12-14-6-4-5-7-16(14)21-18(15)19;;/h4-7,12-13,17,20H,3,8-11H2,1-2H3;2*1H/t13?,17-;;/m1../s1. The third-order valence-corrected chi connectivity index (χ3v) is 5.05. The second-order valence-corrected chi connectivity index (χ2v) is 6.54. The SMILES string of the molecule is CCC(C)[C@H](c1cc2ccccc2nc1Cl)N1CCNCC1.Cl.Cl. The highest BCUT2D eigenvalue weighted by atomic mass is 35.5. The van der Waals surface area contributed by atoms with Gasteiger partial charge in [-0.1, -0.05) is 50.1 Å². The summed E-state index contributed by atoms with van der Waals surface area (Å²) in [6.07, 6.45) is 1.14. The summed E-state index contributed by atoms with van der Waals surface area (Å²) in [5, 5.41) is 5.26. The van der Waals surface area contributed by atoms with Gasteiger partial charge in [0, 0.05) is 43.2 Å². The smallest absolute Gasteiger partial charge is 0.134 e. The molecule has 1 unspecified atom stereocenters. The summed E-state index contributed by atoms with van der Waals surface area (Å²) in [4.78, 5) is 7.19. The molecule has 0 saturated carbocycles. The van der Waals surface area contributed by atoms with Crippen LogP contribution in [0.25, 0.3) is 10.9 Å². The first-order chi connectivity index (χ1) is 10.7. The number of aromatic nitrogens is 1. The molecule has 0 aliphatic carbocycles. The first-order valence-corrected chi connectivity index (χ1v) is 8.58. The van der Waals surface area contributed by atoms with Crippen LogP contribution in [0.1, 0.15) is 31.9 Å². The van der Waals surface area contributed by atoms with Crippen LogP contribution in [0.4, 0.5) is 0 Å². The van der Waals surface area contributed by atoms with E-state index < -0.39 is 0 Å². The molecule has 24 heavy (non-hydrogen) atoms. The van der Waals surface area contributed by atoms with Crippen molar-refractivity contribution in [3.8, 4) is 0 Å². The Hall–Kier alpha value is -0.580. The van der Waals surface area contributed by atoms with E-state index in [9.17, 15) is 0 Å². The number of para-hydroxylation sites is 1. The van der Waals surface area contributed by atoms with Crippen LogP contribution in [0.3, 0.4) is 0 Å². The molecule has 2 aromatic rings. The quantitative estimate of drug-likeness (QED) is 0.765. The number of hydrogen-bond donors (Lipinski definition) is 1. The van der Waals surface area contributed by atoms with Gasteiger partial charge < -0.3 is 5.32 Å². The van der Waals surface area contributed by atoms with Crippen molar-refractivity contribution in [2.24, 2.45) is 5.92 Å². The zero-order valence-corrected chi connectivity index (χ0v) is 16.6. The molecule has 1 aliphatic rings. The second-order valence-electron chi connectivity index (χ2n) is 6.18. The van der Waals surface area contributed by atoms with Crippen molar-refractivity contribution >= 4 is 47.3 Å². The third kappa shape index (κ3) is 4.53. The third-order valence-electron chi connectivity index (χ3n) is 4.75. The first-order valence-electron chi connectivity index (χ1n) is 8.20. The molecule has 0 bridgehead atoms. The van der Waals surface area contributed by atoms with E-state index in [-0.39, 0.29) is 24.8 Å². The Morgan fingerprint density at radius 1 is 1.21 bits per heavy atom. The second kappa shape index (κ2) is 9.79. The van der Waals surface area contributed by atoms with Crippen LogP contribution in [0.15, 0.2) is 30.3 Å². The number of fused-ring (bicyclic) bond motifs is 1. The zero-order valence-electron chi connectivity index (χ0n) is 14.2. The van der Waals surface area contributed by atoms with Gasteiger partial charge in [-0.3, -0.25) is 4.90 Å². The molecule has 1 N–H and O–H groups in total. The minimum absolute atomic E-state index is 0. The predicted octanol–water partition coefficient (Wildman–Crippen LogP) is 4.72. The summed E-state index contributed by atoms with van der Waals surface area (Å²) < 4.78 is 0. The fraction of sp³-hybridized carbons (Fsp3) is 0.500. The van der Waals surface area contributed by atoms with Gasteiger partial charge in [0.1, 0.15) is 5.15 Å². The Morgan fingerprint density at radius 2 is 1.88 bits per heavy atom. The fourth-order valence-corrected chi connectivity index (χ4v) is 3.62. The maximum absolute atomic E-state index is 6.56. The van der Waals surface area contributed by atoms with Crippen LogP contribution in [0.5, 0.6) is 0 Å². The maximum atomic E-state index is 6.56. The number of rotatable bonds is 4. The van der Waals surface area contributed by atoms with Crippen LogP contribution in [0.2, 0.25) is 5.15 Å². The maximum Gasteiger partial charge on any atom is 0.134 e. The molecule has 0 amide bonds. The molecule has 3 nitrogen and oxygen atoms in total. The summed E-state index contributed by atoms with van der Waals surface area (Å²) in [6.45, 7) is 8.80. The summed E-state index contributed by atoms with van der Waals surface area (Å²) in [5.74, 6) is 0.554. The van der Waals surface area contributed by atoms with E-state index in [2.05, 4.69) is 47.2 Å². The van der Waals surface area contributed by atoms with Gasteiger partial charge >= 0.3 is 0 Å². The lowest BCUT2D eigenvalue weighted by Crippen LogP contribution is -2.46. The van der Waals surface area contributed by atoms with Crippen LogP contribution in [0, 0.1) is 5.92 Å². The lowest BCUT2D eigenvalue weighted by Gasteiger charge is -2.38. The predicted molar refractivity (Wildman–Crippen MR) is 108 cm³/mol. The number of benzene rings is 1. The molecule has 0 spiro atoms. The molecule has 3 rings (SSSR count). The van der Waals surface area contributed by atoms with Crippen molar-refractivity contribution in [2.45, 2.75) is 26.3 Å². The largest absolute Gasteiger partial charge is 0.314 e. The minimum atomic E-state index is 0. The van der Waals surface area contributed by atoms with Gasteiger partial charge in [0.05, 0.1) is 5.52 Å². The van der Waals surface area contributed by atoms with Crippen molar-refractivity contribution < 1.29 is 0 Å². The van der Waals surface area contributed by atoms with Crippen LogP contribution < -0.4 is 5.32 Å². The Labute approximate surface area is 162 Å². The molecule has 1 aromatic heterocycles. The molecule has 0 radical (unpaired) electrons.